The number of aromatic nitrogens is 1. The van der Waals surface area contributed by atoms with Gasteiger partial charge in [-0.2, -0.15) is 0 Å². The molecule has 2 N–H and O–H groups in total. The lowest BCUT2D eigenvalue weighted by Crippen LogP contribution is -2.55. The Labute approximate surface area is 172 Å². The van der Waals surface area contributed by atoms with Crippen LogP contribution in [0.1, 0.15) is 23.8 Å². The molecule has 4 rings (SSSR count). The van der Waals surface area contributed by atoms with Gasteiger partial charge in [0.25, 0.3) is 10.0 Å². The number of pyridine rings is 1. The molecule has 2 aromatic rings. The van der Waals surface area contributed by atoms with E-state index in [9.17, 15) is 8.42 Å². The van der Waals surface area contributed by atoms with Crippen molar-refractivity contribution in [3.8, 4) is 22.3 Å². The minimum Gasteiger partial charge on any atom is -0.369 e. The van der Waals surface area contributed by atoms with Crippen molar-refractivity contribution in [3.63, 3.8) is 0 Å². The van der Waals surface area contributed by atoms with Crippen molar-refractivity contribution in [3.05, 3.63) is 40.0 Å². The second kappa shape index (κ2) is 6.74. The molecule has 0 aromatic carbocycles. The summed E-state index contributed by atoms with van der Waals surface area (Å²) in [5, 5.41) is 0.429. The normalized spacial score (nSPS) is 25.6. The molecule has 1 unspecified atom stereocenters. The Morgan fingerprint density at radius 1 is 1.43 bits per heavy atom. The first-order chi connectivity index (χ1) is 13.3. The second-order valence-corrected chi connectivity index (χ2v) is 9.95. The third-order valence-corrected chi connectivity index (χ3v) is 8.58. The number of hydrogen-bond donors (Lipinski definition) is 1. The van der Waals surface area contributed by atoms with Crippen LogP contribution in [-0.2, 0) is 20.3 Å². The van der Waals surface area contributed by atoms with Crippen molar-refractivity contribution in [1.29, 1.82) is 0 Å². The maximum Gasteiger partial charge on any atom is 0.267 e. The van der Waals surface area contributed by atoms with Gasteiger partial charge in [-0.3, -0.25) is 4.98 Å². The highest BCUT2D eigenvalue weighted by Crippen LogP contribution is 2.51. The Bertz CT molecular complexity index is 1150. The van der Waals surface area contributed by atoms with E-state index in [0.717, 1.165) is 20.3 Å². The molecular weight excluding hydrogens is 420 g/mol. The molecule has 146 valence electrons. The first-order valence-corrected chi connectivity index (χ1v) is 11.1. The number of sulfonamides is 1. The van der Waals surface area contributed by atoms with E-state index in [1.165, 1.54) is 18.4 Å². The smallest absolute Gasteiger partial charge is 0.267 e. The lowest BCUT2D eigenvalue weighted by molar-refractivity contribution is 0.135. The highest BCUT2D eigenvalue weighted by Gasteiger charge is 2.58. The minimum atomic E-state index is -3.81. The van der Waals surface area contributed by atoms with Crippen LogP contribution in [0, 0.1) is 11.8 Å². The van der Waals surface area contributed by atoms with Crippen LogP contribution in [0.25, 0.3) is 10.4 Å². The Morgan fingerprint density at radius 3 is 2.96 bits per heavy atom. The summed E-state index contributed by atoms with van der Waals surface area (Å²) in [5.74, 6) is 5.75. The van der Waals surface area contributed by atoms with E-state index in [2.05, 4.69) is 21.8 Å². The topological polar surface area (TPSA) is 97.9 Å². The first-order valence-electron chi connectivity index (χ1n) is 8.42. The van der Waals surface area contributed by atoms with E-state index < -0.39 is 21.0 Å². The number of aliphatic imine (C=N–C) groups is 1. The number of thiophene rings is 1. The van der Waals surface area contributed by atoms with E-state index >= 15 is 0 Å². The molecule has 2 aromatic heterocycles. The zero-order chi connectivity index (χ0) is 20.1. The fraction of sp³-hybridized carbons (Fsp3) is 0.333. The summed E-state index contributed by atoms with van der Waals surface area (Å²) in [6.07, 6.45) is 3.78. The van der Waals surface area contributed by atoms with E-state index in [0.29, 0.717) is 16.3 Å². The summed E-state index contributed by atoms with van der Waals surface area (Å²) in [5.41, 5.74) is 5.26. The van der Waals surface area contributed by atoms with Gasteiger partial charge in [0.2, 0.25) is 11.4 Å². The van der Waals surface area contributed by atoms with Gasteiger partial charge in [-0.1, -0.05) is 17.5 Å². The number of nitrogens with two attached hydrogens (primary N) is 1. The highest BCUT2D eigenvalue weighted by atomic mass is 35.5. The molecule has 2 atom stereocenters. The van der Waals surface area contributed by atoms with Crippen LogP contribution in [0.15, 0.2) is 29.5 Å². The monoisotopic (exact) mass is 436 g/mol. The molecule has 0 bridgehead atoms. The van der Waals surface area contributed by atoms with Crippen molar-refractivity contribution in [2.24, 2.45) is 10.7 Å². The summed E-state index contributed by atoms with van der Waals surface area (Å²) in [4.78, 5) is 10.2. The first kappa shape index (κ1) is 19.2. The van der Waals surface area contributed by atoms with Crippen molar-refractivity contribution in [1.82, 2.24) is 9.29 Å². The molecular formula is C18H17ClN4O3S2. The van der Waals surface area contributed by atoms with Gasteiger partial charge in [-0.15, -0.1) is 17.3 Å². The van der Waals surface area contributed by atoms with Gasteiger partial charge >= 0.3 is 0 Å². The molecule has 0 amide bonds. The number of nitrogens with zero attached hydrogens (tertiary/aromatic N) is 3. The zero-order valence-corrected chi connectivity index (χ0v) is 17.5. The van der Waals surface area contributed by atoms with Crippen LogP contribution in [0.3, 0.4) is 0 Å². The van der Waals surface area contributed by atoms with Crippen molar-refractivity contribution in [2.45, 2.75) is 24.3 Å². The Balaban J connectivity index is 1.86. The summed E-state index contributed by atoms with van der Waals surface area (Å²) in [7, 11) is -2.44. The van der Waals surface area contributed by atoms with Crippen molar-refractivity contribution >= 4 is 38.9 Å². The van der Waals surface area contributed by atoms with Crippen LogP contribution in [0.5, 0.6) is 0 Å². The lowest BCUT2D eigenvalue weighted by atomic mass is 9.97. The fourth-order valence-electron chi connectivity index (χ4n) is 3.43. The molecule has 1 fully saturated rings. The number of guanidine groups is 1. The number of halogens is 1. The molecule has 0 aliphatic carbocycles. The maximum atomic E-state index is 12.9. The fourth-order valence-corrected chi connectivity index (χ4v) is 6.81. The predicted octanol–water partition coefficient (Wildman–Crippen LogP) is 2.37. The van der Waals surface area contributed by atoms with Crippen LogP contribution in [0.2, 0.25) is 5.02 Å². The number of fused-ring (bicyclic) bond motifs is 1. The molecule has 10 heteroatoms. The van der Waals surface area contributed by atoms with Crippen molar-refractivity contribution < 1.29 is 13.2 Å². The Morgan fingerprint density at radius 2 is 2.21 bits per heavy atom. The van der Waals surface area contributed by atoms with Crippen LogP contribution >= 0.6 is 22.9 Å². The number of hydrogen-bond acceptors (Lipinski definition) is 7. The van der Waals surface area contributed by atoms with E-state index in [-0.39, 0.29) is 12.6 Å². The largest absolute Gasteiger partial charge is 0.369 e. The molecule has 2 aliphatic rings. The molecule has 2 aliphatic heterocycles. The Hall–Kier alpha value is -2.12. The highest BCUT2D eigenvalue weighted by molar-refractivity contribution is 7.90. The summed E-state index contributed by atoms with van der Waals surface area (Å²) in [6.45, 7) is 2.01. The van der Waals surface area contributed by atoms with Crippen molar-refractivity contribution in [2.75, 3.05) is 13.7 Å². The standard InChI is InChI=1S/C18H17ClN4O3S2/c1-3-4-11-7-12(10-21-9-11)14-8-13(19)15(27-14)18-5-6-26-16(18)28(24,25)23(2)17(20)22-18/h7-10,16H,5-6H2,1-2H3,(H2,20,22)/t16?,18-/m1/s1. The van der Waals surface area contributed by atoms with Gasteiger partial charge in [0.1, 0.15) is 5.54 Å². The molecule has 0 spiro atoms. The Kier molecular flexibility index (Phi) is 4.62. The van der Waals surface area contributed by atoms with Gasteiger partial charge < -0.3 is 10.5 Å². The SMILES string of the molecule is CC#Cc1cncc(-c2cc(Cl)c([C@]34CCOC3S(=O)(=O)N(C)C(N)=N4)s2)c1. The van der Waals surface area contributed by atoms with Crippen LogP contribution < -0.4 is 5.73 Å². The van der Waals surface area contributed by atoms with E-state index in [1.54, 1.807) is 25.4 Å². The molecule has 0 saturated carbocycles. The zero-order valence-electron chi connectivity index (χ0n) is 15.1. The van der Waals surface area contributed by atoms with Crippen LogP contribution in [0.4, 0.5) is 0 Å². The lowest BCUT2D eigenvalue weighted by Gasteiger charge is -2.37. The third kappa shape index (κ3) is 2.79. The van der Waals surface area contributed by atoms with E-state index in [1.807, 2.05) is 6.07 Å². The average Bonchev–Trinajstić information content (AvgIpc) is 3.26. The molecule has 28 heavy (non-hydrogen) atoms. The van der Waals surface area contributed by atoms with Crippen LogP contribution in [-0.4, -0.2) is 42.8 Å². The average molecular weight is 437 g/mol. The summed E-state index contributed by atoms with van der Waals surface area (Å²) in [6, 6.07) is 3.71. The molecule has 4 heterocycles. The third-order valence-electron chi connectivity index (χ3n) is 4.80. The number of ether oxygens (including phenoxy) is 1. The second-order valence-electron chi connectivity index (χ2n) is 6.48. The van der Waals surface area contributed by atoms with Gasteiger partial charge in [0.05, 0.1) is 16.5 Å². The molecule has 1 saturated heterocycles. The van der Waals surface area contributed by atoms with Gasteiger partial charge in [0.15, 0.2) is 0 Å². The number of rotatable bonds is 2. The summed E-state index contributed by atoms with van der Waals surface area (Å²) < 4.78 is 32.3. The van der Waals surface area contributed by atoms with E-state index in [4.69, 9.17) is 22.1 Å². The molecule has 0 radical (unpaired) electrons. The van der Waals surface area contributed by atoms with Gasteiger partial charge in [-0.25, -0.2) is 17.7 Å². The maximum absolute atomic E-state index is 12.9. The molecule has 7 nitrogen and oxygen atoms in total. The van der Waals surface area contributed by atoms with Gasteiger partial charge in [0, 0.05) is 41.9 Å². The summed E-state index contributed by atoms with van der Waals surface area (Å²) >= 11 is 7.93. The quantitative estimate of drug-likeness (QED) is 0.729. The predicted molar refractivity (Wildman–Crippen MR) is 109 cm³/mol. The van der Waals surface area contributed by atoms with Gasteiger partial charge in [-0.05, 0) is 19.1 Å². The minimum absolute atomic E-state index is 0.0744.